The summed E-state index contributed by atoms with van der Waals surface area (Å²) in [6, 6.07) is 5.90. The highest BCUT2D eigenvalue weighted by molar-refractivity contribution is 5.54. The number of phenolic OH excluding ortho intramolecular Hbond substituents is 1. The number of piperidine rings is 1. The van der Waals surface area contributed by atoms with Crippen molar-refractivity contribution >= 4 is 5.69 Å². The Kier molecular flexibility index (Phi) is 5.12. The fourth-order valence-corrected chi connectivity index (χ4v) is 2.93. The second-order valence-electron chi connectivity index (χ2n) is 5.59. The van der Waals surface area contributed by atoms with Crippen LogP contribution in [0.4, 0.5) is 5.69 Å². The maximum Gasteiger partial charge on any atom is 0.160 e. The molecule has 112 valence electrons. The van der Waals surface area contributed by atoms with E-state index in [1.54, 1.807) is 19.2 Å². The lowest BCUT2D eigenvalue weighted by Crippen LogP contribution is -2.39. The zero-order valence-electron chi connectivity index (χ0n) is 12.7. The Labute approximate surface area is 121 Å². The number of anilines is 1. The van der Waals surface area contributed by atoms with Crippen LogP contribution in [0.2, 0.25) is 0 Å². The predicted octanol–water partition coefficient (Wildman–Crippen LogP) is 2.93. The molecular weight excluding hydrogens is 252 g/mol. The number of methoxy groups -OCH3 is 1. The summed E-state index contributed by atoms with van der Waals surface area (Å²) < 4.78 is 5.06. The highest BCUT2D eigenvalue weighted by Gasteiger charge is 2.23. The summed E-state index contributed by atoms with van der Waals surface area (Å²) >= 11 is 0. The van der Waals surface area contributed by atoms with Crippen LogP contribution in [0.15, 0.2) is 18.2 Å². The van der Waals surface area contributed by atoms with Crippen LogP contribution in [0.5, 0.6) is 11.5 Å². The number of likely N-dealkylation sites (tertiary alicyclic amines) is 1. The molecule has 20 heavy (non-hydrogen) atoms. The molecule has 2 rings (SSSR count). The lowest BCUT2D eigenvalue weighted by molar-refractivity contribution is 0.183. The first-order chi connectivity index (χ1) is 9.63. The van der Waals surface area contributed by atoms with Crippen molar-refractivity contribution in [2.75, 3.05) is 32.1 Å². The van der Waals surface area contributed by atoms with Crippen molar-refractivity contribution in [3.63, 3.8) is 0 Å². The topological polar surface area (TPSA) is 44.7 Å². The molecule has 1 unspecified atom stereocenters. The van der Waals surface area contributed by atoms with E-state index in [1.807, 2.05) is 6.07 Å². The molecule has 1 aliphatic heterocycles. The largest absolute Gasteiger partial charge is 0.504 e. The minimum absolute atomic E-state index is 0.186. The van der Waals surface area contributed by atoms with Crippen LogP contribution < -0.4 is 10.1 Å². The molecule has 2 N–H and O–H groups in total. The van der Waals surface area contributed by atoms with Crippen LogP contribution in [0.25, 0.3) is 0 Å². The van der Waals surface area contributed by atoms with E-state index < -0.39 is 0 Å². The highest BCUT2D eigenvalue weighted by Crippen LogP contribution is 2.30. The van der Waals surface area contributed by atoms with Gasteiger partial charge in [-0.25, -0.2) is 0 Å². The third-order valence-electron chi connectivity index (χ3n) is 4.36. The summed E-state index contributed by atoms with van der Waals surface area (Å²) in [5.41, 5.74) is 0.953. The number of rotatable bonds is 5. The maximum absolute atomic E-state index is 9.81. The summed E-state index contributed by atoms with van der Waals surface area (Å²) in [6.07, 6.45) is 2.48. The van der Waals surface area contributed by atoms with Gasteiger partial charge < -0.3 is 20.1 Å². The molecule has 0 bridgehead atoms. The number of hydrogen-bond acceptors (Lipinski definition) is 4. The van der Waals surface area contributed by atoms with E-state index in [2.05, 4.69) is 24.1 Å². The van der Waals surface area contributed by atoms with Gasteiger partial charge in [0.1, 0.15) is 0 Å². The predicted molar refractivity (Wildman–Crippen MR) is 82.6 cm³/mol. The Hall–Kier alpha value is -1.42. The van der Waals surface area contributed by atoms with Crippen LogP contribution in [-0.2, 0) is 0 Å². The standard InChI is InChI=1S/C16H26N2O2/c1-4-18-9-7-13(8-10-18)12(2)17-14-5-6-16(20-3)15(19)11-14/h5-6,11-13,17,19H,4,7-10H2,1-3H3. The van der Waals surface area contributed by atoms with Crippen LogP contribution in [0.3, 0.4) is 0 Å². The third kappa shape index (κ3) is 3.57. The van der Waals surface area contributed by atoms with Crippen molar-refractivity contribution in [1.29, 1.82) is 0 Å². The van der Waals surface area contributed by atoms with Crippen molar-refractivity contribution in [1.82, 2.24) is 4.90 Å². The van der Waals surface area contributed by atoms with E-state index in [9.17, 15) is 5.11 Å². The van der Waals surface area contributed by atoms with Gasteiger partial charge >= 0.3 is 0 Å². The number of hydrogen-bond donors (Lipinski definition) is 2. The molecule has 0 aromatic heterocycles. The Morgan fingerprint density at radius 3 is 2.65 bits per heavy atom. The average molecular weight is 278 g/mol. The van der Waals surface area contributed by atoms with E-state index >= 15 is 0 Å². The van der Waals surface area contributed by atoms with E-state index in [1.165, 1.54) is 25.9 Å². The van der Waals surface area contributed by atoms with Gasteiger partial charge in [-0.15, -0.1) is 0 Å². The third-order valence-corrected chi connectivity index (χ3v) is 4.36. The Morgan fingerprint density at radius 1 is 1.40 bits per heavy atom. The molecule has 0 saturated carbocycles. The number of ether oxygens (including phenoxy) is 1. The molecule has 0 spiro atoms. The molecule has 1 heterocycles. The molecule has 0 aliphatic carbocycles. The first-order valence-electron chi connectivity index (χ1n) is 7.50. The van der Waals surface area contributed by atoms with Gasteiger partial charge in [0, 0.05) is 17.8 Å². The molecule has 4 heteroatoms. The minimum atomic E-state index is 0.186. The monoisotopic (exact) mass is 278 g/mol. The van der Waals surface area contributed by atoms with Crippen molar-refractivity contribution in [2.45, 2.75) is 32.7 Å². The van der Waals surface area contributed by atoms with Gasteiger partial charge in [-0.05, 0) is 57.5 Å². The van der Waals surface area contributed by atoms with Crippen LogP contribution >= 0.6 is 0 Å². The normalized spacial score (nSPS) is 18.8. The summed E-state index contributed by atoms with van der Waals surface area (Å²) in [6.45, 7) is 8.00. The van der Waals surface area contributed by atoms with Crippen molar-refractivity contribution in [3.8, 4) is 11.5 Å². The molecular formula is C16H26N2O2. The van der Waals surface area contributed by atoms with E-state index in [0.29, 0.717) is 17.7 Å². The summed E-state index contributed by atoms with van der Waals surface area (Å²) in [7, 11) is 1.56. The quantitative estimate of drug-likeness (QED) is 0.869. The van der Waals surface area contributed by atoms with Crippen molar-refractivity contribution in [3.05, 3.63) is 18.2 Å². The second kappa shape index (κ2) is 6.84. The highest BCUT2D eigenvalue weighted by atomic mass is 16.5. The maximum atomic E-state index is 9.81. The lowest BCUT2D eigenvalue weighted by Gasteiger charge is -2.34. The Morgan fingerprint density at radius 2 is 2.10 bits per heavy atom. The number of nitrogens with one attached hydrogen (secondary N) is 1. The Bertz CT molecular complexity index is 428. The number of phenols is 1. The SMILES string of the molecule is CCN1CCC(C(C)Nc2ccc(OC)c(O)c2)CC1. The summed E-state index contributed by atoms with van der Waals surface area (Å²) in [5, 5.41) is 13.3. The van der Waals surface area contributed by atoms with Gasteiger partial charge in [-0.2, -0.15) is 0 Å². The first-order valence-corrected chi connectivity index (χ1v) is 7.50. The molecule has 1 aliphatic rings. The smallest absolute Gasteiger partial charge is 0.160 e. The zero-order valence-corrected chi connectivity index (χ0v) is 12.7. The molecule has 0 amide bonds. The van der Waals surface area contributed by atoms with Gasteiger partial charge in [-0.1, -0.05) is 6.92 Å². The average Bonchev–Trinajstić information content (AvgIpc) is 2.47. The van der Waals surface area contributed by atoms with Gasteiger partial charge in [0.25, 0.3) is 0 Å². The van der Waals surface area contributed by atoms with Gasteiger partial charge in [0.15, 0.2) is 11.5 Å². The summed E-state index contributed by atoms with van der Waals surface area (Å²) in [4.78, 5) is 2.50. The Balaban J connectivity index is 1.91. The van der Waals surface area contributed by atoms with Gasteiger partial charge in [-0.3, -0.25) is 0 Å². The molecule has 1 aromatic carbocycles. The number of aromatic hydroxyl groups is 1. The fraction of sp³-hybridized carbons (Fsp3) is 0.625. The molecule has 0 radical (unpaired) electrons. The van der Waals surface area contributed by atoms with Gasteiger partial charge in [0.2, 0.25) is 0 Å². The minimum Gasteiger partial charge on any atom is -0.504 e. The van der Waals surface area contributed by atoms with Crippen molar-refractivity contribution < 1.29 is 9.84 Å². The molecule has 1 saturated heterocycles. The van der Waals surface area contributed by atoms with Crippen molar-refractivity contribution in [2.24, 2.45) is 5.92 Å². The summed E-state index contributed by atoms with van der Waals surface area (Å²) in [5.74, 6) is 1.40. The second-order valence-corrected chi connectivity index (χ2v) is 5.59. The van der Waals surface area contributed by atoms with E-state index in [-0.39, 0.29) is 5.75 Å². The van der Waals surface area contributed by atoms with Gasteiger partial charge in [0.05, 0.1) is 7.11 Å². The van der Waals surface area contributed by atoms with Crippen LogP contribution in [-0.4, -0.2) is 42.8 Å². The van der Waals surface area contributed by atoms with E-state index in [4.69, 9.17) is 4.74 Å². The van der Waals surface area contributed by atoms with Crippen LogP contribution in [0, 0.1) is 5.92 Å². The first kappa shape index (κ1) is 15.0. The molecule has 1 atom stereocenters. The molecule has 4 nitrogen and oxygen atoms in total. The van der Waals surface area contributed by atoms with E-state index in [0.717, 1.165) is 12.2 Å². The number of benzene rings is 1. The molecule has 1 aromatic rings. The lowest BCUT2D eigenvalue weighted by atomic mass is 9.90. The fourth-order valence-electron chi connectivity index (χ4n) is 2.93. The number of nitrogens with zero attached hydrogens (tertiary/aromatic N) is 1. The molecule has 1 fully saturated rings. The van der Waals surface area contributed by atoms with Crippen LogP contribution in [0.1, 0.15) is 26.7 Å². The zero-order chi connectivity index (χ0) is 14.5.